The van der Waals surface area contributed by atoms with Gasteiger partial charge in [-0.3, -0.25) is 0 Å². The molecule has 0 atom stereocenters. The van der Waals surface area contributed by atoms with Crippen molar-refractivity contribution in [3.05, 3.63) is 222 Å². The summed E-state index contributed by atoms with van der Waals surface area (Å²) >= 11 is 0. The molecule has 53 heavy (non-hydrogen) atoms. The number of rotatable bonds is 4. The average molecular weight is 672 g/mol. The van der Waals surface area contributed by atoms with Crippen LogP contribution in [0.15, 0.2) is 200 Å². The Balaban J connectivity index is 1.14. The number of fused-ring (bicyclic) bond motifs is 11. The van der Waals surface area contributed by atoms with Gasteiger partial charge in [-0.05, 0) is 102 Å². The summed E-state index contributed by atoms with van der Waals surface area (Å²) in [4.78, 5) is 5.54. The smallest absolute Gasteiger partial charge is 0.0725 e. The first-order valence-electron chi connectivity index (χ1n) is 18.4. The van der Waals surface area contributed by atoms with Gasteiger partial charge in [0.05, 0.1) is 16.8 Å². The zero-order valence-electron chi connectivity index (χ0n) is 29.0. The number of pyridine rings is 1. The van der Waals surface area contributed by atoms with Crippen LogP contribution in [0.5, 0.6) is 0 Å². The predicted octanol–water partition coefficient (Wildman–Crippen LogP) is 13.2. The molecule has 0 saturated carbocycles. The maximum absolute atomic E-state index is 5.54. The highest BCUT2D eigenvalue weighted by atomic mass is 14.7. The summed E-state index contributed by atoms with van der Waals surface area (Å²) in [6.07, 6.45) is 0. The molecule has 1 spiro atoms. The molecule has 1 heterocycles. The Bertz CT molecular complexity index is 2850. The van der Waals surface area contributed by atoms with E-state index < -0.39 is 5.41 Å². The van der Waals surface area contributed by atoms with Crippen LogP contribution in [0.25, 0.3) is 77.8 Å². The normalized spacial score (nSPS) is 13.1. The molecule has 1 nitrogen and oxygen atoms in total. The van der Waals surface area contributed by atoms with Crippen LogP contribution in [0.1, 0.15) is 22.3 Å². The Labute approximate surface area is 309 Å². The molecule has 0 fully saturated rings. The summed E-state index contributed by atoms with van der Waals surface area (Å²) in [7, 11) is 0. The summed E-state index contributed by atoms with van der Waals surface area (Å²) < 4.78 is 0. The van der Waals surface area contributed by atoms with Crippen molar-refractivity contribution >= 4 is 10.8 Å². The Kier molecular flexibility index (Phi) is 6.53. The summed E-state index contributed by atoms with van der Waals surface area (Å²) in [6.45, 7) is 0. The van der Waals surface area contributed by atoms with Crippen LogP contribution in [0.2, 0.25) is 0 Å². The number of benzene rings is 8. The van der Waals surface area contributed by atoms with E-state index in [0.717, 1.165) is 28.1 Å². The van der Waals surface area contributed by atoms with Gasteiger partial charge < -0.3 is 0 Å². The van der Waals surface area contributed by atoms with E-state index in [1.807, 2.05) is 0 Å². The second-order valence-electron chi connectivity index (χ2n) is 14.2. The Hall–Kier alpha value is -6.83. The standard InChI is InChI=1S/C52H33N/c1-2-14-34(15-3-1)40-32-49(39-19-12-18-37(31-39)38-29-28-35-16-4-5-17-36(35)30-38)53-50(33-40)44-23-13-27-48-51(44)43-22-8-11-26-47(43)52(48)45-24-9-6-20-41(45)42-21-7-10-25-46(42)52/h1-33H. The maximum atomic E-state index is 5.54. The minimum absolute atomic E-state index is 0.400. The molecule has 0 bridgehead atoms. The number of nitrogens with zero attached hydrogens (tertiary/aromatic N) is 1. The molecule has 246 valence electrons. The summed E-state index contributed by atoms with van der Waals surface area (Å²) in [6, 6.07) is 73.2. The van der Waals surface area contributed by atoms with Gasteiger partial charge in [-0.2, -0.15) is 0 Å². The van der Waals surface area contributed by atoms with E-state index in [9.17, 15) is 0 Å². The lowest BCUT2D eigenvalue weighted by Gasteiger charge is -2.30. The number of hydrogen-bond donors (Lipinski definition) is 0. The Morgan fingerprint density at radius 2 is 0.811 bits per heavy atom. The molecule has 1 heteroatoms. The topological polar surface area (TPSA) is 12.9 Å². The third-order valence-corrected chi connectivity index (χ3v) is 11.5. The Morgan fingerprint density at radius 1 is 0.283 bits per heavy atom. The van der Waals surface area contributed by atoms with Crippen molar-refractivity contribution in [3.63, 3.8) is 0 Å². The van der Waals surface area contributed by atoms with Crippen molar-refractivity contribution in [2.45, 2.75) is 5.41 Å². The van der Waals surface area contributed by atoms with Crippen LogP contribution in [-0.4, -0.2) is 4.98 Å². The van der Waals surface area contributed by atoms with Crippen LogP contribution in [0.3, 0.4) is 0 Å². The fourth-order valence-electron chi connectivity index (χ4n) is 9.20. The molecule has 0 N–H and O–H groups in total. The minimum atomic E-state index is -0.400. The van der Waals surface area contributed by atoms with Crippen molar-refractivity contribution in [2.75, 3.05) is 0 Å². The second-order valence-corrected chi connectivity index (χ2v) is 14.2. The molecule has 0 saturated heterocycles. The lowest BCUT2D eigenvalue weighted by atomic mass is 9.70. The fraction of sp³-hybridized carbons (Fsp3) is 0.0192. The van der Waals surface area contributed by atoms with Gasteiger partial charge in [0.1, 0.15) is 0 Å². The summed E-state index contributed by atoms with van der Waals surface area (Å²) in [5.41, 5.74) is 19.0. The van der Waals surface area contributed by atoms with Crippen LogP contribution in [0.4, 0.5) is 0 Å². The summed E-state index contributed by atoms with van der Waals surface area (Å²) in [5, 5.41) is 2.49. The van der Waals surface area contributed by atoms with Crippen LogP contribution in [-0.2, 0) is 5.41 Å². The minimum Gasteiger partial charge on any atom is -0.248 e. The highest BCUT2D eigenvalue weighted by Crippen LogP contribution is 2.63. The molecular weight excluding hydrogens is 639 g/mol. The molecule has 0 aliphatic heterocycles. The van der Waals surface area contributed by atoms with Crippen molar-refractivity contribution in [2.24, 2.45) is 0 Å². The zero-order chi connectivity index (χ0) is 34.9. The first-order valence-corrected chi connectivity index (χ1v) is 18.4. The van der Waals surface area contributed by atoms with Crippen molar-refractivity contribution < 1.29 is 0 Å². The van der Waals surface area contributed by atoms with Gasteiger partial charge in [-0.15, -0.1) is 0 Å². The average Bonchev–Trinajstić information content (AvgIpc) is 3.71. The molecule has 2 aliphatic carbocycles. The van der Waals surface area contributed by atoms with Gasteiger partial charge in [0, 0.05) is 11.1 Å². The largest absolute Gasteiger partial charge is 0.248 e. The highest BCUT2D eigenvalue weighted by Gasteiger charge is 2.52. The first kappa shape index (κ1) is 29.9. The lowest BCUT2D eigenvalue weighted by molar-refractivity contribution is 0.794. The molecule has 9 aromatic rings. The van der Waals surface area contributed by atoms with E-state index in [2.05, 4.69) is 200 Å². The van der Waals surface area contributed by atoms with E-state index in [4.69, 9.17) is 4.98 Å². The van der Waals surface area contributed by atoms with Crippen LogP contribution < -0.4 is 0 Å². The zero-order valence-corrected chi connectivity index (χ0v) is 29.0. The molecule has 2 aliphatic rings. The SMILES string of the molecule is c1ccc(-c2cc(-c3cccc(-c4ccc5ccccc5c4)c3)nc(-c3cccc4c3-c3ccccc3C43c4ccccc4-c4ccccc43)c2)cc1. The van der Waals surface area contributed by atoms with Gasteiger partial charge in [-0.25, -0.2) is 4.98 Å². The van der Waals surface area contributed by atoms with Crippen molar-refractivity contribution in [1.29, 1.82) is 0 Å². The van der Waals surface area contributed by atoms with E-state index in [1.165, 1.54) is 72.0 Å². The molecule has 8 aromatic carbocycles. The molecule has 1 aromatic heterocycles. The second kappa shape index (κ2) is 11.6. The highest BCUT2D eigenvalue weighted by molar-refractivity contribution is 6.00. The van der Waals surface area contributed by atoms with Gasteiger partial charge in [0.15, 0.2) is 0 Å². The molecule has 11 rings (SSSR count). The Morgan fingerprint density at radius 3 is 1.58 bits per heavy atom. The maximum Gasteiger partial charge on any atom is 0.0725 e. The molecule has 0 amide bonds. The van der Waals surface area contributed by atoms with Gasteiger partial charge in [0.25, 0.3) is 0 Å². The fourth-order valence-corrected chi connectivity index (χ4v) is 9.20. The van der Waals surface area contributed by atoms with Gasteiger partial charge in [-0.1, -0.05) is 176 Å². The van der Waals surface area contributed by atoms with Gasteiger partial charge in [0.2, 0.25) is 0 Å². The van der Waals surface area contributed by atoms with E-state index in [0.29, 0.717) is 0 Å². The molecule has 0 unspecified atom stereocenters. The lowest BCUT2D eigenvalue weighted by Crippen LogP contribution is -2.25. The first-order chi connectivity index (χ1) is 26.3. The summed E-state index contributed by atoms with van der Waals surface area (Å²) in [5.74, 6) is 0. The third kappa shape index (κ3) is 4.41. The van der Waals surface area contributed by atoms with Crippen LogP contribution in [0, 0.1) is 0 Å². The number of aromatic nitrogens is 1. The quantitative estimate of drug-likeness (QED) is 0.181. The third-order valence-electron chi connectivity index (χ3n) is 11.5. The predicted molar refractivity (Wildman–Crippen MR) is 220 cm³/mol. The molecule has 0 radical (unpaired) electrons. The van der Waals surface area contributed by atoms with E-state index in [-0.39, 0.29) is 0 Å². The van der Waals surface area contributed by atoms with Crippen molar-refractivity contribution in [3.8, 4) is 67.0 Å². The molecular formula is C52H33N. The van der Waals surface area contributed by atoms with E-state index >= 15 is 0 Å². The van der Waals surface area contributed by atoms with E-state index in [1.54, 1.807) is 0 Å². The van der Waals surface area contributed by atoms with Crippen LogP contribution >= 0.6 is 0 Å². The van der Waals surface area contributed by atoms with Gasteiger partial charge >= 0.3 is 0 Å². The number of hydrogen-bond acceptors (Lipinski definition) is 1. The van der Waals surface area contributed by atoms with Crippen molar-refractivity contribution in [1.82, 2.24) is 4.98 Å². The monoisotopic (exact) mass is 671 g/mol.